The van der Waals surface area contributed by atoms with E-state index in [-0.39, 0.29) is 55.3 Å². The van der Waals surface area contributed by atoms with Crippen molar-refractivity contribution in [1.29, 1.82) is 0 Å². The molecule has 0 saturated carbocycles. The summed E-state index contributed by atoms with van der Waals surface area (Å²) < 4.78 is 0. The van der Waals surface area contributed by atoms with Crippen LogP contribution in [0.2, 0.25) is 0 Å². The number of nitrogens with one attached hydrogen (secondary N) is 7. The van der Waals surface area contributed by atoms with Crippen molar-refractivity contribution < 1.29 is 57.8 Å². The van der Waals surface area contributed by atoms with Crippen LogP contribution in [-0.2, 0) is 59.2 Å². The Labute approximate surface area is 427 Å². The first kappa shape index (κ1) is 60.2. The van der Waals surface area contributed by atoms with Crippen LogP contribution in [-0.4, -0.2) is 141 Å². The molecule has 1 unspecified atom stereocenters. The minimum atomic E-state index is -1.75. The van der Waals surface area contributed by atoms with Gasteiger partial charge in [-0.25, -0.2) is 0 Å². The Morgan fingerprint density at radius 1 is 0.792 bits per heavy atom. The number of nitrogens with zero attached hydrogens (tertiary/aromatic N) is 1. The molecular weight excluding hydrogens is 975 g/mol. The van der Waals surface area contributed by atoms with E-state index in [4.69, 9.17) is 17.2 Å². The third kappa shape index (κ3) is 19.1. The summed E-state index contributed by atoms with van der Waals surface area (Å²) in [4.78, 5) is 150. The van der Waals surface area contributed by atoms with Crippen LogP contribution in [0.5, 0.6) is 5.75 Å². The van der Waals surface area contributed by atoms with Crippen LogP contribution in [0.3, 0.4) is 0 Å². The molecule has 2 saturated heterocycles. The summed E-state index contributed by atoms with van der Waals surface area (Å²) in [5.74, 6) is -9.65. The third-order valence-corrected chi connectivity index (χ3v) is 14.7. The monoisotopic (exact) mass is 1050 g/mol. The molecule has 0 bridgehead atoms. The summed E-state index contributed by atoms with van der Waals surface area (Å²) in [5, 5.41) is 28.1. The molecule has 2 aliphatic heterocycles. The fourth-order valence-electron chi connectivity index (χ4n) is 8.23. The van der Waals surface area contributed by atoms with Gasteiger partial charge in [0.05, 0.1) is 13.0 Å². The summed E-state index contributed by atoms with van der Waals surface area (Å²) in [6, 6.07) is -4.18. The summed E-state index contributed by atoms with van der Waals surface area (Å²) in [7, 11) is 2.25. The van der Waals surface area contributed by atoms with Crippen LogP contribution in [0.25, 0.3) is 0 Å². The molecule has 400 valence electrons. The molecule has 72 heavy (non-hydrogen) atoms. The highest BCUT2D eigenvalue weighted by Crippen LogP contribution is 2.37. The summed E-state index contributed by atoms with van der Waals surface area (Å²) in [6.07, 6.45) is -0.727. The molecule has 3 rings (SSSR count). The van der Waals surface area contributed by atoms with Gasteiger partial charge in [0.25, 0.3) is 0 Å². The zero-order valence-electron chi connectivity index (χ0n) is 42.0. The van der Waals surface area contributed by atoms with Gasteiger partial charge in [-0.3, -0.25) is 52.7 Å². The minimum Gasteiger partial charge on any atom is -0.508 e. The molecule has 2 aliphatic rings. The average molecular weight is 1050 g/mol. The number of phenols is 1. The van der Waals surface area contributed by atoms with Crippen LogP contribution in [0.4, 0.5) is 0 Å². The average Bonchev–Trinajstić information content (AvgIpc) is 3.76. The van der Waals surface area contributed by atoms with Crippen molar-refractivity contribution in [2.45, 2.75) is 155 Å². The molecule has 14 N–H and O–H groups in total. The highest BCUT2D eigenvalue weighted by atomic mass is 33.1. The molecule has 9 atom stereocenters. The van der Waals surface area contributed by atoms with Crippen LogP contribution in [0.15, 0.2) is 24.3 Å². The van der Waals surface area contributed by atoms with Crippen LogP contribution >= 0.6 is 21.6 Å². The van der Waals surface area contributed by atoms with Crippen molar-refractivity contribution in [2.75, 3.05) is 18.1 Å². The number of amides is 11. The number of carbonyl (C=O) groups is 11. The summed E-state index contributed by atoms with van der Waals surface area (Å²) in [5.41, 5.74) is 16.2. The van der Waals surface area contributed by atoms with E-state index in [2.05, 4.69) is 37.2 Å². The number of carbonyl (C=O) groups excluding carboxylic acids is 11. The molecule has 11 amide bonds. The molecule has 25 heteroatoms. The molecule has 0 radical (unpaired) electrons. The first-order chi connectivity index (χ1) is 33.7. The number of likely N-dealkylation sites (tertiary alicyclic amines) is 1. The number of benzene rings is 1. The van der Waals surface area contributed by atoms with Gasteiger partial charge in [-0.1, -0.05) is 88.6 Å². The lowest BCUT2D eigenvalue weighted by Gasteiger charge is -2.39. The number of phenolic OH excluding ortho intramolecular Hbond substituents is 1. The predicted molar refractivity (Wildman–Crippen MR) is 269 cm³/mol. The maximum absolute atomic E-state index is 15.1. The molecule has 0 aliphatic carbocycles. The van der Waals surface area contributed by atoms with E-state index in [1.165, 1.54) is 17.0 Å². The van der Waals surface area contributed by atoms with Crippen molar-refractivity contribution >= 4 is 86.6 Å². The molecule has 0 spiro atoms. The Balaban J connectivity index is 2.12. The Kier molecular flexibility index (Phi) is 23.6. The number of nitrogens with two attached hydrogens (primary N) is 3. The largest absolute Gasteiger partial charge is 0.508 e. The Hall–Kier alpha value is -6.11. The van der Waals surface area contributed by atoms with Crippen molar-refractivity contribution in [3.63, 3.8) is 0 Å². The maximum Gasteiger partial charge on any atom is 0.246 e. The van der Waals surface area contributed by atoms with Crippen molar-refractivity contribution in [2.24, 2.45) is 34.5 Å². The SMILES string of the molecule is CC[C@H](C)[C@@H]1NC(=O)[C@H](Cc2ccc(O)cc2)NC(=O)CCSSC[C@@H](C(=O)N2C(C(C)(C)C)CC[C@H]2C(=O)N[C@@H](CC(C)C)C(=O)NCC(N)=O)NC(=O)[C@H](CC(N)=O)NC(=O)[C@H](CCC(N)=O)NC1=O. The Morgan fingerprint density at radius 2 is 1.42 bits per heavy atom. The van der Waals surface area contributed by atoms with Crippen molar-refractivity contribution in [3.05, 3.63) is 29.8 Å². The highest BCUT2D eigenvalue weighted by Gasteiger charge is 2.48. The molecule has 0 aromatic heterocycles. The third-order valence-electron chi connectivity index (χ3n) is 12.2. The zero-order chi connectivity index (χ0) is 54.0. The first-order valence-corrected chi connectivity index (χ1v) is 26.5. The van der Waals surface area contributed by atoms with Crippen molar-refractivity contribution in [3.8, 4) is 5.75 Å². The van der Waals surface area contributed by atoms with E-state index in [0.29, 0.717) is 18.4 Å². The highest BCUT2D eigenvalue weighted by molar-refractivity contribution is 8.76. The van der Waals surface area contributed by atoms with Gasteiger partial charge >= 0.3 is 0 Å². The van der Waals surface area contributed by atoms with Gasteiger partial charge in [-0.05, 0) is 60.6 Å². The second kappa shape index (κ2) is 28.2. The van der Waals surface area contributed by atoms with E-state index in [0.717, 1.165) is 21.6 Å². The number of aromatic hydroxyl groups is 1. The number of hydrogen-bond acceptors (Lipinski definition) is 14. The van der Waals surface area contributed by atoms with Gasteiger partial charge in [0, 0.05) is 36.8 Å². The van der Waals surface area contributed by atoms with Crippen molar-refractivity contribution in [1.82, 2.24) is 42.1 Å². The van der Waals surface area contributed by atoms with Gasteiger partial charge in [0.15, 0.2) is 0 Å². The van der Waals surface area contributed by atoms with Crippen LogP contribution < -0.4 is 54.4 Å². The molecule has 23 nitrogen and oxygen atoms in total. The maximum atomic E-state index is 15.1. The smallest absolute Gasteiger partial charge is 0.246 e. The number of hydrogen-bond donors (Lipinski definition) is 11. The molecular formula is C47H73N11O12S2. The fraction of sp³-hybridized carbons (Fsp3) is 0.638. The lowest BCUT2D eigenvalue weighted by molar-refractivity contribution is -0.145. The van der Waals surface area contributed by atoms with E-state index in [1.807, 2.05) is 34.6 Å². The Bertz CT molecular complexity index is 2140. The van der Waals surface area contributed by atoms with E-state index < -0.39 is 144 Å². The second-order valence-corrected chi connectivity index (χ2v) is 22.3. The summed E-state index contributed by atoms with van der Waals surface area (Å²) >= 11 is 0. The van der Waals surface area contributed by atoms with Crippen LogP contribution in [0, 0.1) is 17.3 Å². The van der Waals surface area contributed by atoms with E-state index in [1.54, 1.807) is 26.0 Å². The standard InChI is InChI=1S/C47H73N11O12S2/c1-8-25(4)39-45(69)53-28(13-16-35(48)60)41(65)54-31(21-36(49)61)42(66)56-32(23-72-71-18-17-38(63)52-30(43(67)57-39)20-26-9-11-27(59)12-10-26)46(70)58-33(14-15-34(58)47(5,6)7)44(68)55-29(19-24(2)3)40(64)51-22-37(50)62/h9-12,24-25,28-34,39,59H,8,13-23H2,1-7H3,(H2,48,60)(H2,49,61)(H2,50,62)(H,51,64)(H,52,63)(H,53,69)(H,54,65)(H,55,68)(H,56,66)(H,57,67)/t25-,28-,29-,30-,31-,32-,33-,34?,39-/m0/s1. The van der Waals surface area contributed by atoms with E-state index in [9.17, 15) is 53.1 Å². The normalized spacial score (nSPS) is 24.0. The number of rotatable bonds is 17. The zero-order valence-corrected chi connectivity index (χ0v) is 43.6. The predicted octanol–water partition coefficient (Wildman–Crippen LogP) is -1.13. The van der Waals surface area contributed by atoms with Crippen LogP contribution in [0.1, 0.15) is 105 Å². The second-order valence-electron chi connectivity index (χ2n) is 19.7. The summed E-state index contributed by atoms with van der Waals surface area (Å²) in [6.45, 7) is 12.2. The number of primary amides is 3. The topological polar surface area (TPSA) is 374 Å². The van der Waals surface area contributed by atoms with Gasteiger partial charge in [-0.2, -0.15) is 0 Å². The fourth-order valence-corrected chi connectivity index (χ4v) is 10.4. The molecule has 1 aromatic carbocycles. The Morgan fingerprint density at radius 3 is 2.00 bits per heavy atom. The lowest BCUT2D eigenvalue weighted by Crippen LogP contribution is -2.62. The van der Waals surface area contributed by atoms with E-state index >= 15 is 4.79 Å². The van der Waals surface area contributed by atoms with Gasteiger partial charge in [0.2, 0.25) is 65.0 Å². The quantitative estimate of drug-likeness (QED) is 0.0823. The lowest BCUT2D eigenvalue weighted by atomic mass is 9.85. The van der Waals surface area contributed by atoms with Gasteiger partial charge in [0.1, 0.15) is 48.0 Å². The first-order valence-electron chi connectivity index (χ1n) is 24.0. The minimum absolute atomic E-state index is 0.0264. The molecule has 2 heterocycles. The molecule has 2 fully saturated rings. The van der Waals surface area contributed by atoms with Gasteiger partial charge in [-0.15, -0.1) is 0 Å². The molecule has 1 aromatic rings. The van der Waals surface area contributed by atoms with Gasteiger partial charge < -0.3 is 64.4 Å².